The van der Waals surface area contributed by atoms with Gasteiger partial charge in [-0.3, -0.25) is 5.32 Å². The number of piperidine rings is 1. The molecule has 1 amide bonds. The van der Waals surface area contributed by atoms with Gasteiger partial charge in [-0.1, -0.05) is 39.0 Å². The number of carbonyl (C=O) groups excluding carboxylic acids is 1. The zero-order chi connectivity index (χ0) is 26.4. The highest BCUT2D eigenvalue weighted by atomic mass is 28.4. The quantitative estimate of drug-likeness (QED) is 0.484. The first-order chi connectivity index (χ1) is 15.9. The van der Waals surface area contributed by atoms with Crippen molar-refractivity contribution in [1.82, 2.24) is 5.32 Å². The van der Waals surface area contributed by atoms with Gasteiger partial charge in [0.2, 0.25) is 0 Å². The zero-order valence-electron chi connectivity index (χ0n) is 22.9. The van der Waals surface area contributed by atoms with Crippen LogP contribution in [-0.2, 0) is 18.6 Å². The van der Waals surface area contributed by atoms with E-state index in [4.69, 9.17) is 18.6 Å². The summed E-state index contributed by atoms with van der Waals surface area (Å²) in [5, 5.41) is 16.9. The van der Waals surface area contributed by atoms with Crippen molar-refractivity contribution >= 4 is 20.1 Å². The van der Waals surface area contributed by atoms with Gasteiger partial charge in [0.15, 0.2) is 14.1 Å². The monoisotopic (exact) mass is 508 g/mol. The van der Waals surface area contributed by atoms with Crippen LogP contribution in [0, 0.1) is 0 Å². The molecule has 0 bridgehead atoms. The van der Waals surface area contributed by atoms with Gasteiger partial charge in [0.1, 0.15) is 17.8 Å². The van der Waals surface area contributed by atoms with E-state index in [1.165, 1.54) is 0 Å². The van der Waals surface area contributed by atoms with Gasteiger partial charge in [-0.25, -0.2) is 4.79 Å². The zero-order valence-corrected chi connectivity index (χ0v) is 23.9. The van der Waals surface area contributed by atoms with Crippen molar-refractivity contribution in [1.29, 1.82) is 0 Å². The number of aliphatic hydroxyl groups excluding tert-OH is 1. The molecular weight excluding hydrogens is 464 g/mol. The van der Waals surface area contributed by atoms with Gasteiger partial charge < -0.3 is 29.1 Å². The molecule has 3 rings (SSSR count). The fourth-order valence-corrected chi connectivity index (χ4v) is 5.70. The Kier molecular flexibility index (Phi) is 7.83. The maximum absolute atomic E-state index is 12.6. The highest BCUT2D eigenvalue weighted by Gasteiger charge is 2.57. The fourth-order valence-electron chi connectivity index (χ4n) is 4.36. The van der Waals surface area contributed by atoms with Crippen molar-refractivity contribution in [2.75, 3.05) is 11.9 Å². The second kappa shape index (κ2) is 9.76. The number of aliphatic hydroxyl groups is 1. The summed E-state index contributed by atoms with van der Waals surface area (Å²) in [6, 6.07) is 6.84. The summed E-state index contributed by atoms with van der Waals surface area (Å²) < 4.78 is 25.1. The number of benzene rings is 1. The van der Waals surface area contributed by atoms with Crippen LogP contribution in [0.4, 0.5) is 10.5 Å². The van der Waals surface area contributed by atoms with E-state index in [1.807, 2.05) is 58.9 Å². The molecule has 0 aliphatic carbocycles. The number of ether oxygens (including phenoxy) is 3. The molecule has 198 valence electrons. The van der Waals surface area contributed by atoms with Gasteiger partial charge in [0, 0.05) is 5.69 Å². The first-order valence-electron chi connectivity index (χ1n) is 12.4. The van der Waals surface area contributed by atoms with Crippen molar-refractivity contribution in [3.8, 4) is 0 Å². The first-order valence-corrected chi connectivity index (χ1v) is 15.3. The molecule has 5 atom stereocenters. The molecular formula is C26H44N2O6Si. The van der Waals surface area contributed by atoms with E-state index in [0.29, 0.717) is 5.69 Å². The molecule has 9 heteroatoms. The summed E-state index contributed by atoms with van der Waals surface area (Å²) in [7, 11) is -2.17. The number of hydrogen-bond donors (Lipinski definition) is 3. The molecule has 2 aliphatic rings. The molecule has 2 aliphatic heterocycles. The Balaban J connectivity index is 1.96. The molecule has 35 heavy (non-hydrogen) atoms. The lowest BCUT2D eigenvalue weighted by molar-refractivity contribution is -0.153. The summed E-state index contributed by atoms with van der Waals surface area (Å²) in [4.78, 5) is 12.6. The lowest BCUT2D eigenvalue weighted by atomic mass is 9.86. The standard InChI is InChI=1S/C26H44N2O6Si/c1-24(2,3)33-23(30)28-17-14-12-11-13-16(17)19-21-22(32-26(7,8)31-21)20(18(15-29)27-19)34-35(9,10)25(4,5)6/h11-14,18-22,27,29H,15H2,1-10H3,(H,28,30)/t18-,19+,20-,21-,22+/m1/s1. The largest absolute Gasteiger partial charge is 0.444 e. The highest BCUT2D eigenvalue weighted by Crippen LogP contribution is 2.45. The van der Waals surface area contributed by atoms with Crippen LogP contribution in [0.5, 0.6) is 0 Å². The van der Waals surface area contributed by atoms with E-state index in [1.54, 1.807) is 0 Å². The average Bonchev–Trinajstić information content (AvgIpc) is 3.01. The van der Waals surface area contributed by atoms with E-state index in [-0.39, 0.29) is 35.9 Å². The summed E-state index contributed by atoms with van der Waals surface area (Å²) in [5.41, 5.74) is 0.835. The maximum atomic E-state index is 12.6. The van der Waals surface area contributed by atoms with Crippen LogP contribution in [-0.4, -0.2) is 61.9 Å². The molecule has 2 fully saturated rings. The van der Waals surface area contributed by atoms with Crippen molar-refractivity contribution in [2.45, 2.75) is 115 Å². The predicted octanol–water partition coefficient (Wildman–Crippen LogP) is 4.95. The Morgan fingerprint density at radius 2 is 1.71 bits per heavy atom. The third-order valence-electron chi connectivity index (χ3n) is 6.97. The predicted molar refractivity (Wildman–Crippen MR) is 139 cm³/mol. The minimum Gasteiger partial charge on any atom is -0.444 e. The molecule has 8 nitrogen and oxygen atoms in total. The number of amides is 1. The van der Waals surface area contributed by atoms with E-state index in [0.717, 1.165) is 5.56 Å². The molecule has 1 aromatic carbocycles. The Morgan fingerprint density at radius 1 is 1.11 bits per heavy atom. The van der Waals surface area contributed by atoms with Crippen LogP contribution in [0.1, 0.15) is 67.0 Å². The SMILES string of the molecule is CC(C)(C)OC(=O)Nc1ccccc1[C@@H]1N[C@H](CO)[C@@H](O[Si](C)(C)C(C)(C)C)[C@@H]2OC(C)(C)O[C@@H]21. The molecule has 2 saturated heterocycles. The third-order valence-corrected chi connectivity index (χ3v) is 11.4. The van der Waals surface area contributed by atoms with Crippen LogP contribution in [0.15, 0.2) is 24.3 Å². The van der Waals surface area contributed by atoms with Gasteiger partial charge in [0.05, 0.1) is 24.8 Å². The molecule has 2 heterocycles. The minimum atomic E-state index is -2.17. The van der Waals surface area contributed by atoms with E-state index in [2.05, 4.69) is 44.5 Å². The van der Waals surface area contributed by atoms with Gasteiger partial charge in [-0.05, 0) is 64.4 Å². The van der Waals surface area contributed by atoms with Gasteiger partial charge in [-0.15, -0.1) is 0 Å². The molecule has 0 unspecified atom stereocenters. The maximum Gasteiger partial charge on any atom is 0.412 e. The fraction of sp³-hybridized carbons (Fsp3) is 0.731. The van der Waals surface area contributed by atoms with Gasteiger partial charge in [0.25, 0.3) is 0 Å². The molecule has 3 N–H and O–H groups in total. The Morgan fingerprint density at radius 3 is 2.29 bits per heavy atom. The Hall–Kier alpha value is -1.49. The smallest absolute Gasteiger partial charge is 0.412 e. The van der Waals surface area contributed by atoms with Gasteiger partial charge >= 0.3 is 6.09 Å². The molecule has 0 radical (unpaired) electrons. The second-order valence-electron chi connectivity index (χ2n) is 12.6. The number of para-hydroxylation sites is 1. The van der Waals surface area contributed by atoms with Crippen molar-refractivity contribution in [3.05, 3.63) is 29.8 Å². The van der Waals surface area contributed by atoms with Crippen LogP contribution in [0.2, 0.25) is 18.1 Å². The van der Waals surface area contributed by atoms with Crippen LogP contribution in [0.3, 0.4) is 0 Å². The number of nitrogens with one attached hydrogen (secondary N) is 2. The Bertz CT molecular complexity index is 908. The van der Waals surface area contributed by atoms with Gasteiger partial charge in [-0.2, -0.15) is 0 Å². The lowest BCUT2D eigenvalue weighted by Crippen LogP contribution is -2.64. The second-order valence-corrected chi connectivity index (χ2v) is 17.3. The molecule has 1 aromatic rings. The van der Waals surface area contributed by atoms with Crippen molar-refractivity contribution < 1.29 is 28.5 Å². The normalized spacial score (nSPS) is 28.9. The number of carbonyl (C=O) groups is 1. The van der Waals surface area contributed by atoms with Crippen LogP contribution >= 0.6 is 0 Å². The average molecular weight is 509 g/mol. The molecule has 0 spiro atoms. The van der Waals surface area contributed by atoms with Crippen LogP contribution in [0.25, 0.3) is 0 Å². The topological polar surface area (TPSA) is 98.3 Å². The van der Waals surface area contributed by atoms with Crippen LogP contribution < -0.4 is 10.6 Å². The molecule has 0 saturated carbocycles. The minimum absolute atomic E-state index is 0.00172. The summed E-state index contributed by atoms with van der Waals surface area (Å²) >= 11 is 0. The number of anilines is 1. The van der Waals surface area contributed by atoms with E-state index >= 15 is 0 Å². The first kappa shape index (κ1) is 28.1. The van der Waals surface area contributed by atoms with E-state index < -0.39 is 31.9 Å². The number of fused-ring (bicyclic) bond motifs is 1. The summed E-state index contributed by atoms with van der Waals surface area (Å²) in [5.74, 6) is -0.817. The number of hydrogen-bond acceptors (Lipinski definition) is 7. The molecule has 0 aromatic heterocycles. The third kappa shape index (κ3) is 6.45. The summed E-state index contributed by atoms with van der Waals surface area (Å²) in [6.07, 6.45) is -1.68. The Labute approximate surface area is 211 Å². The summed E-state index contributed by atoms with van der Waals surface area (Å²) in [6.45, 7) is 20.1. The number of rotatable bonds is 5. The van der Waals surface area contributed by atoms with Crippen molar-refractivity contribution in [2.24, 2.45) is 0 Å². The van der Waals surface area contributed by atoms with E-state index in [9.17, 15) is 9.90 Å². The van der Waals surface area contributed by atoms with Crippen molar-refractivity contribution in [3.63, 3.8) is 0 Å². The highest BCUT2D eigenvalue weighted by molar-refractivity contribution is 6.74. The lowest BCUT2D eigenvalue weighted by Gasteiger charge is -2.48.